The van der Waals surface area contributed by atoms with Crippen molar-refractivity contribution in [2.45, 2.75) is 0 Å². The van der Waals surface area contributed by atoms with Crippen LogP contribution in [0.4, 0.5) is 0 Å². The van der Waals surface area contributed by atoms with E-state index in [1.54, 1.807) is 0 Å². The molecular formula is C4H7LiO4. The summed E-state index contributed by atoms with van der Waals surface area (Å²) in [6.07, 6.45) is 1.92. The van der Waals surface area contributed by atoms with Gasteiger partial charge in [0.2, 0.25) is 0 Å². The first-order chi connectivity index (χ1) is 3.91. The molecule has 0 unspecified atom stereocenters. The second-order valence-electron chi connectivity index (χ2n) is 0.963. The van der Waals surface area contributed by atoms with Crippen molar-refractivity contribution < 1.29 is 38.5 Å². The van der Waals surface area contributed by atoms with E-state index in [1.165, 1.54) is 0 Å². The molecule has 1 saturated heterocycles. The van der Waals surface area contributed by atoms with Gasteiger partial charge in [-0.1, -0.05) is 0 Å². The van der Waals surface area contributed by atoms with Crippen molar-refractivity contribution in [2.24, 2.45) is 0 Å². The molecule has 0 radical (unpaired) electrons. The van der Waals surface area contributed by atoms with E-state index < -0.39 is 0 Å². The average molecular weight is 126 g/mol. The molecular weight excluding hydrogens is 119 g/mol. The van der Waals surface area contributed by atoms with Crippen molar-refractivity contribution in [3.8, 4) is 0 Å². The standard InChI is InChI=1S/C3H5O2.CH2O2.Li/c1-2-4-5-3-1;2-1-3;/h1H,2-3H2;1H,(H,2,3);/q-1;;+1. The molecule has 1 aliphatic heterocycles. The van der Waals surface area contributed by atoms with Crippen LogP contribution >= 0.6 is 0 Å². The van der Waals surface area contributed by atoms with Gasteiger partial charge in [-0.05, 0) is 13.2 Å². The zero-order valence-electron chi connectivity index (χ0n) is 5.24. The molecule has 0 aromatic heterocycles. The second kappa shape index (κ2) is 10.9. The van der Waals surface area contributed by atoms with Crippen molar-refractivity contribution in [3.05, 3.63) is 6.42 Å². The Bertz CT molecular complexity index is 46.9. The molecule has 0 aromatic rings. The van der Waals surface area contributed by atoms with Gasteiger partial charge in [0, 0.05) is 0 Å². The smallest absolute Gasteiger partial charge is 0.483 e. The van der Waals surface area contributed by atoms with Crippen LogP contribution in [0.5, 0.6) is 0 Å². The van der Waals surface area contributed by atoms with Crippen LogP contribution in [0.3, 0.4) is 0 Å². The molecule has 0 saturated carbocycles. The molecule has 1 rings (SSSR count). The van der Waals surface area contributed by atoms with Crippen LogP contribution in [0.2, 0.25) is 0 Å². The summed E-state index contributed by atoms with van der Waals surface area (Å²) < 4.78 is 0. The van der Waals surface area contributed by atoms with Crippen molar-refractivity contribution in [3.63, 3.8) is 0 Å². The first-order valence-corrected chi connectivity index (χ1v) is 2.05. The minimum absolute atomic E-state index is 0. The van der Waals surface area contributed by atoms with E-state index in [0.29, 0.717) is 13.2 Å². The quantitative estimate of drug-likeness (QED) is 0.161. The zero-order chi connectivity index (χ0) is 6.24. The predicted molar refractivity (Wildman–Crippen MR) is 24.9 cm³/mol. The third kappa shape index (κ3) is 11.5. The Morgan fingerprint density at radius 2 is 1.78 bits per heavy atom. The summed E-state index contributed by atoms with van der Waals surface area (Å²) in [5, 5.41) is 6.89. The van der Waals surface area contributed by atoms with E-state index in [1.807, 2.05) is 6.42 Å². The van der Waals surface area contributed by atoms with Crippen LogP contribution < -0.4 is 18.9 Å². The van der Waals surface area contributed by atoms with E-state index in [9.17, 15) is 0 Å². The van der Waals surface area contributed by atoms with E-state index in [0.717, 1.165) is 0 Å². The van der Waals surface area contributed by atoms with Crippen LogP contribution in [0.15, 0.2) is 0 Å². The van der Waals surface area contributed by atoms with Gasteiger partial charge in [-0.15, -0.1) is 0 Å². The Morgan fingerprint density at radius 1 is 1.44 bits per heavy atom. The Morgan fingerprint density at radius 3 is 1.89 bits per heavy atom. The van der Waals surface area contributed by atoms with E-state index in [2.05, 4.69) is 9.78 Å². The van der Waals surface area contributed by atoms with Gasteiger partial charge >= 0.3 is 18.9 Å². The second-order valence-corrected chi connectivity index (χ2v) is 0.963. The van der Waals surface area contributed by atoms with Crippen LogP contribution in [0.1, 0.15) is 0 Å². The molecule has 0 bridgehead atoms. The Hall–Kier alpha value is -0.0126. The number of carboxylic acid groups (broad SMARTS) is 1. The molecule has 0 atom stereocenters. The Kier molecular flexibility index (Phi) is 14.2. The maximum absolute atomic E-state index is 8.36. The van der Waals surface area contributed by atoms with Crippen molar-refractivity contribution >= 4 is 6.47 Å². The average Bonchev–Trinajstić information content (AvgIpc) is 2.17. The topological polar surface area (TPSA) is 55.8 Å². The summed E-state index contributed by atoms with van der Waals surface area (Å²) in [6.45, 7) is 1.06. The minimum atomic E-state index is -0.250. The third-order valence-electron chi connectivity index (χ3n) is 0.455. The monoisotopic (exact) mass is 126 g/mol. The van der Waals surface area contributed by atoms with Gasteiger partial charge in [0.25, 0.3) is 6.47 Å². The largest absolute Gasteiger partial charge is 1.00 e. The van der Waals surface area contributed by atoms with Gasteiger partial charge in [-0.2, -0.15) is 0 Å². The Labute approximate surface area is 65.2 Å². The fraction of sp³-hybridized carbons (Fsp3) is 0.500. The summed E-state index contributed by atoms with van der Waals surface area (Å²) in [7, 11) is 0. The molecule has 0 aromatic carbocycles. The molecule has 0 aliphatic carbocycles. The van der Waals surface area contributed by atoms with Crippen LogP contribution in [-0.4, -0.2) is 24.8 Å². The summed E-state index contributed by atoms with van der Waals surface area (Å²) in [5.41, 5.74) is 0. The fourth-order valence-electron chi connectivity index (χ4n) is 0.241. The molecule has 1 fully saturated rings. The first kappa shape index (κ1) is 11.7. The van der Waals surface area contributed by atoms with Crippen molar-refractivity contribution in [2.75, 3.05) is 13.2 Å². The molecule has 1 aliphatic rings. The van der Waals surface area contributed by atoms with Gasteiger partial charge in [-0.3, -0.25) is 21.0 Å². The molecule has 1 heterocycles. The van der Waals surface area contributed by atoms with Crippen LogP contribution in [0, 0.1) is 6.42 Å². The third-order valence-corrected chi connectivity index (χ3v) is 0.455. The van der Waals surface area contributed by atoms with Crippen molar-refractivity contribution in [1.29, 1.82) is 0 Å². The van der Waals surface area contributed by atoms with Crippen LogP contribution in [0.25, 0.3) is 0 Å². The molecule has 0 amide bonds. The van der Waals surface area contributed by atoms with E-state index >= 15 is 0 Å². The van der Waals surface area contributed by atoms with Gasteiger partial charge in [-0.25, -0.2) is 0 Å². The molecule has 48 valence electrons. The van der Waals surface area contributed by atoms with Gasteiger partial charge in [0.05, 0.1) is 0 Å². The van der Waals surface area contributed by atoms with Gasteiger partial charge in [0.15, 0.2) is 0 Å². The maximum Gasteiger partial charge on any atom is 1.00 e. The van der Waals surface area contributed by atoms with Gasteiger partial charge < -0.3 is 5.11 Å². The SMILES string of the molecule is O=CO.[CH-]1COOC1.[Li+]. The number of hydrogen-bond acceptors (Lipinski definition) is 3. The van der Waals surface area contributed by atoms with E-state index in [-0.39, 0.29) is 25.3 Å². The van der Waals surface area contributed by atoms with E-state index in [4.69, 9.17) is 9.90 Å². The first-order valence-electron chi connectivity index (χ1n) is 2.05. The molecule has 5 heteroatoms. The normalized spacial score (nSPS) is 14.7. The summed E-state index contributed by atoms with van der Waals surface area (Å²) in [5.74, 6) is 0. The summed E-state index contributed by atoms with van der Waals surface area (Å²) in [4.78, 5) is 17.1. The predicted octanol–water partition coefficient (Wildman–Crippen LogP) is -3.14. The molecule has 0 spiro atoms. The molecule has 9 heavy (non-hydrogen) atoms. The number of rotatable bonds is 0. The van der Waals surface area contributed by atoms with Crippen LogP contribution in [-0.2, 0) is 14.6 Å². The summed E-state index contributed by atoms with van der Waals surface area (Å²) in [6, 6.07) is 0. The maximum atomic E-state index is 8.36. The van der Waals surface area contributed by atoms with Crippen molar-refractivity contribution in [1.82, 2.24) is 0 Å². The zero-order valence-corrected chi connectivity index (χ0v) is 5.24. The molecule has 4 nitrogen and oxygen atoms in total. The number of hydrogen-bond donors (Lipinski definition) is 1. The van der Waals surface area contributed by atoms with Gasteiger partial charge in [0.1, 0.15) is 0 Å². The summed E-state index contributed by atoms with van der Waals surface area (Å²) >= 11 is 0. The Balaban J connectivity index is 0. The molecule has 1 N–H and O–H groups in total. The number of carbonyl (C=O) groups is 1. The minimum Gasteiger partial charge on any atom is -0.483 e. The fourth-order valence-corrected chi connectivity index (χ4v) is 0.241.